The van der Waals surface area contributed by atoms with Crippen LogP contribution >= 0.6 is 0 Å². The molecule has 0 aromatic heterocycles. The number of hydrogen-bond donors (Lipinski definition) is 1. The number of piperidine rings is 1. The Kier molecular flexibility index (Phi) is 4.85. The predicted octanol–water partition coefficient (Wildman–Crippen LogP) is 2.05. The summed E-state index contributed by atoms with van der Waals surface area (Å²) < 4.78 is 0. The number of nitrogens with zero attached hydrogens (tertiary/aromatic N) is 2. The molecule has 0 spiro atoms. The summed E-state index contributed by atoms with van der Waals surface area (Å²) in [6, 6.07) is 0.669. The molecule has 0 bridgehead atoms. The van der Waals surface area contributed by atoms with Crippen molar-refractivity contribution in [3.8, 4) is 0 Å². The number of rotatable bonds is 5. The molecule has 4 nitrogen and oxygen atoms in total. The van der Waals surface area contributed by atoms with Crippen molar-refractivity contribution in [2.24, 2.45) is 5.41 Å². The van der Waals surface area contributed by atoms with Gasteiger partial charge in [0.15, 0.2) is 0 Å². The standard InChI is InChI=1S/C15H28N2O2/c1-3-15(4-2,14(18)19)12-16-9-10-17-8-6-5-7-13(17)11-16/h13H,3-12H2,1-2H3,(H,18,19). The second-order valence-electron chi connectivity index (χ2n) is 6.21. The van der Waals surface area contributed by atoms with Crippen LogP contribution in [-0.2, 0) is 4.79 Å². The second kappa shape index (κ2) is 6.23. The summed E-state index contributed by atoms with van der Waals surface area (Å²) in [5.41, 5.74) is -0.545. The highest BCUT2D eigenvalue weighted by molar-refractivity contribution is 5.74. The lowest BCUT2D eigenvalue weighted by atomic mass is 9.81. The molecule has 0 aromatic carbocycles. The average molecular weight is 268 g/mol. The monoisotopic (exact) mass is 268 g/mol. The number of carboxylic acids is 1. The van der Waals surface area contributed by atoms with E-state index >= 15 is 0 Å². The van der Waals surface area contributed by atoms with Gasteiger partial charge in [-0.1, -0.05) is 20.3 Å². The maximum atomic E-state index is 11.6. The fraction of sp³-hybridized carbons (Fsp3) is 0.933. The lowest BCUT2D eigenvalue weighted by molar-refractivity contribution is -0.151. The molecule has 2 fully saturated rings. The normalized spacial score (nSPS) is 26.1. The van der Waals surface area contributed by atoms with Crippen molar-refractivity contribution in [2.75, 3.05) is 32.7 Å². The molecule has 2 aliphatic rings. The van der Waals surface area contributed by atoms with Gasteiger partial charge in [0.1, 0.15) is 0 Å². The molecule has 0 aliphatic carbocycles. The van der Waals surface area contributed by atoms with Gasteiger partial charge in [0.2, 0.25) is 0 Å². The molecule has 1 N–H and O–H groups in total. The minimum absolute atomic E-state index is 0.545. The smallest absolute Gasteiger partial charge is 0.310 e. The number of fused-ring (bicyclic) bond motifs is 1. The Morgan fingerprint density at radius 1 is 1.21 bits per heavy atom. The van der Waals surface area contributed by atoms with Crippen molar-refractivity contribution in [1.82, 2.24) is 9.80 Å². The SMILES string of the molecule is CCC(CC)(CN1CCN2CCCCC2C1)C(=O)O. The van der Waals surface area contributed by atoms with E-state index in [-0.39, 0.29) is 0 Å². The molecule has 19 heavy (non-hydrogen) atoms. The molecule has 4 heteroatoms. The summed E-state index contributed by atoms with van der Waals surface area (Å²) in [4.78, 5) is 16.6. The minimum Gasteiger partial charge on any atom is -0.481 e. The van der Waals surface area contributed by atoms with E-state index in [1.54, 1.807) is 0 Å². The van der Waals surface area contributed by atoms with Crippen LogP contribution in [-0.4, -0.2) is 59.6 Å². The summed E-state index contributed by atoms with van der Waals surface area (Å²) in [5, 5.41) is 9.55. The van der Waals surface area contributed by atoms with Gasteiger partial charge in [-0.15, -0.1) is 0 Å². The van der Waals surface area contributed by atoms with Crippen molar-refractivity contribution in [2.45, 2.75) is 52.0 Å². The highest BCUT2D eigenvalue weighted by atomic mass is 16.4. The highest BCUT2D eigenvalue weighted by Crippen LogP contribution is 2.30. The maximum Gasteiger partial charge on any atom is 0.310 e. The highest BCUT2D eigenvalue weighted by Gasteiger charge is 2.39. The van der Waals surface area contributed by atoms with Crippen molar-refractivity contribution in [1.29, 1.82) is 0 Å². The molecular formula is C15H28N2O2. The third kappa shape index (κ3) is 3.11. The summed E-state index contributed by atoms with van der Waals surface area (Å²) >= 11 is 0. The lowest BCUT2D eigenvalue weighted by Gasteiger charge is -2.46. The number of carboxylic acid groups (broad SMARTS) is 1. The summed E-state index contributed by atoms with van der Waals surface area (Å²) in [6.45, 7) is 9.20. The van der Waals surface area contributed by atoms with Crippen LogP contribution in [0.2, 0.25) is 0 Å². The number of piperazine rings is 1. The van der Waals surface area contributed by atoms with Gasteiger partial charge in [-0.05, 0) is 32.2 Å². The zero-order chi connectivity index (χ0) is 13.9. The van der Waals surface area contributed by atoms with Crippen molar-refractivity contribution in [3.05, 3.63) is 0 Å². The molecule has 2 rings (SSSR count). The van der Waals surface area contributed by atoms with Crippen LogP contribution in [0, 0.1) is 5.41 Å². The average Bonchev–Trinajstić information content (AvgIpc) is 2.44. The first-order chi connectivity index (χ1) is 9.11. The predicted molar refractivity (Wildman–Crippen MR) is 76.3 cm³/mol. The lowest BCUT2D eigenvalue weighted by Crippen LogP contribution is -2.57. The maximum absolute atomic E-state index is 11.6. The van der Waals surface area contributed by atoms with Crippen molar-refractivity contribution < 1.29 is 9.90 Å². The third-order valence-electron chi connectivity index (χ3n) is 5.25. The molecule has 1 atom stereocenters. The first-order valence-electron chi connectivity index (χ1n) is 7.81. The van der Waals surface area contributed by atoms with Crippen LogP contribution in [0.15, 0.2) is 0 Å². The van der Waals surface area contributed by atoms with E-state index in [4.69, 9.17) is 0 Å². The molecule has 0 saturated carbocycles. The Balaban J connectivity index is 1.97. The van der Waals surface area contributed by atoms with E-state index in [1.165, 1.54) is 25.8 Å². The van der Waals surface area contributed by atoms with Crippen molar-refractivity contribution >= 4 is 5.97 Å². The first-order valence-corrected chi connectivity index (χ1v) is 7.81. The number of hydrogen-bond acceptors (Lipinski definition) is 3. The fourth-order valence-electron chi connectivity index (χ4n) is 3.64. The number of aliphatic carboxylic acids is 1. The molecule has 0 amide bonds. The topological polar surface area (TPSA) is 43.8 Å². The van der Waals surface area contributed by atoms with Crippen LogP contribution in [0.1, 0.15) is 46.0 Å². The molecule has 2 aliphatic heterocycles. The third-order valence-corrected chi connectivity index (χ3v) is 5.25. The van der Waals surface area contributed by atoms with Crippen LogP contribution in [0.3, 0.4) is 0 Å². The zero-order valence-electron chi connectivity index (χ0n) is 12.4. The van der Waals surface area contributed by atoms with E-state index in [0.717, 1.165) is 39.0 Å². The fourth-order valence-corrected chi connectivity index (χ4v) is 3.64. The molecular weight excluding hydrogens is 240 g/mol. The Morgan fingerprint density at radius 3 is 2.58 bits per heavy atom. The van der Waals surface area contributed by atoms with Gasteiger partial charge in [0, 0.05) is 32.2 Å². The summed E-state index contributed by atoms with van der Waals surface area (Å²) in [7, 11) is 0. The Morgan fingerprint density at radius 2 is 1.95 bits per heavy atom. The molecule has 0 radical (unpaired) electrons. The Bertz CT molecular complexity index is 315. The van der Waals surface area contributed by atoms with Crippen LogP contribution in [0.4, 0.5) is 0 Å². The van der Waals surface area contributed by atoms with E-state index in [9.17, 15) is 9.90 Å². The zero-order valence-corrected chi connectivity index (χ0v) is 12.4. The van der Waals surface area contributed by atoms with Gasteiger partial charge < -0.3 is 5.11 Å². The van der Waals surface area contributed by atoms with Gasteiger partial charge in [-0.25, -0.2) is 0 Å². The van der Waals surface area contributed by atoms with Gasteiger partial charge in [0.05, 0.1) is 5.41 Å². The molecule has 0 aromatic rings. The van der Waals surface area contributed by atoms with Crippen LogP contribution < -0.4 is 0 Å². The first kappa shape index (κ1) is 14.8. The quantitative estimate of drug-likeness (QED) is 0.829. The summed E-state index contributed by atoms with van der Waals surface area (Å²) in [5.74, 6) is -0.622. The van der Waals surface area contributed by atoms with Crippen molar-refractivity contribution in [3.63, 3.8) is 0 Å². The van der Waals surface area contributed by atoms with E-state index in [1.807, 2.05) is 13.8 Å². The van der Waals surface area contributed by atoms with E-state index < -0.39 is 11.4 Å². The van der Waals surface area contributed by atoms with E-state index in [2.05, 4.69) is 9.80 Å². The van der Waals surface area contributed by atoms with Gasteiger partial charge >= 0.3 is 5.97 Å². The van der Waals surface area contributed by atoms with Crippen LogP contribution in [0.5, 0.6) is 0 Å². The van der Waals surface area contributed by atoms with Gasteiger partial charge in [-0.3, -0.25) is 14.6 Å². The largest absolute Gasteiger partial charge is 0.481 e. The van der Waals surface area contributed by atoms with Crippen LogP contribution in [0.25, 0.3) is 0 Å². The van der Waals surface area contributed by atoms with E-state index in [0.29, 0.717) is 6.04 Å². The Labute approximate surface area is 116 Å². The minimum atomic E-state index is -0.622. The number of carbonyl (C=O) groups is 1. The molecule has 110 valence electrons. The Hall–Kier alpha value is -0.610. The molecule has 2 saturated heterocycles. The summed E-state index contributed by atoms with van der Waals surface area (Å²) in [6.07, 6.45) is 5.41. The molecule has 2 heterocycles. The van der Waals surface area contributed by atoms with Gasteiger partial charge in [0.25, 0.3) is 0 Å². The van der Waals surface area contributed by atoms with Gasteiger partial charge in [-0.2, -0.15) is 0 Å². The second-order valence-corrected chi connectivity index (χ2v) is 6.21. The molecule has 1 unspecified atom stereocenters.